The zero-order valence-electron chi connectivity index (χ0n) is 12.3. The van der Waals surface area contributed by atoms with Crippen LogP contribution in [0.15, 0.2) is 35.4 Å². The van der Waals surface area contributed by atoms with Crippen molar-refractivity contribution in [1.29, 1.82) is 0 Å². The van der Waals surface area contributed by atoms with Gasteiger partial charge in [0.25, 0.3) is 0 Å². The Kier molecular flexibility index (Phi) is 3.29. The van der Waals surface area contributed by atoms with Crippen molar-refractivity contribution < 1.29 is 0 Å². The van der Waals surface area contributed by atoms with Gasteiger partial charge in [-0.2, -0.15) is 0 Å². The number of likely N-dealkylation sites (tertiary alicyclic amines) is 1. The second kappa shape index (κ2) is 5.29. The van der Waals surface area contributed by atoms with Crippen molar-refractivity contribution in [3.8, 4) is 0 Å². The molecule has 1 aromatic rings. The van der Waals surface area contributed by atoms with Gasteiger partial charge in [-0.1, -0.05) is 30.3 Å². The summed E-state index contributed by atoms with van der Waals surface area (Å²) in [5.41, 5.74) is 7.57. The molecule has 3 heterocycles. The molecule has 0 aromatic heterocycles. The summed E-state index contributed by atoms with van der Waals surface area (Å²) in [6.07, 6.45) is 0. The summed E-state index contributed by atoms with van der Waals surface area (Å²) in [7, 11) is 1.93. The van der Waals surface area contributed by atoms with Crippen molar-refractivity contribution in [1.82, 2.24) is 26.3 Å². The van der Waals surface area contributed by atoms with Crippen LogP contribution in [-0.2, 0) is 0 Å². The van der Waals surface area contributed by atoms with E-state index in [2.05, 4.69) is 56.6 Å². The summed E-state index contributed by atoms with van der Waals surface area (Å²) in [6.45, 7) is 4.59. The van der Waals surface area contributed by atoms with Crippen LogP contribution < -0.4 is 16.3 Å². The maximum absolute atomic E-state index is 4.46. The van der Waals surface area contributed by atoms with Crippen molar-refractivity contribution in [3.63, 3.8) is 0 Å². The lowest BCUT2D eigenvalue weighted by Crippen LogP contribution is -2.44. The number of hydrogen-bond donors (Lipinski definition) is 3. The lowest BCUT2D eigenvalue weighted by molar-refractivity contribution is 0.223. The number of rotatable bonds is 3. The minimum atomic E-state index is 0.203. The molecular weight excluding hydrogens is 264 g/mol. The third-order valence-electron chi connectivity index (χ3n) is 4.76. The van der Waals surface area contributed by atoms with Gasteiger partial charge >= 0.3 is 0 Å². The molecule has 0 bridgehead atoms. The van der Waals surface area contributed by atoms with Gasteiger partial charge in [0.05, 0.1) is 6.04 Å². The predicted molar refractivity (Wildman–Crippen MR) is 82.1 cm³/mol. The van der Waals surface area contributed by atoms with Gasteiger partial charge in [0.1, 0.15) is 0 Å². The van der Waals surface area contributed by atoms with Crippen LogP contribution in [0.25, 0.3) is 0 Å². The lowest BCUT2D eigenvalue weighted by atomic mass is 10.0. The number of hydrogen-bond acceptors (Lipinski definition) is 6. The largest absolute Gasteiger partial charge is 0.316 e. The van der Waals surface area contributed by atoms with Crippen molar-refractivity contribution in [2.75, 3.05) is 33.2 Å². The maximum Gasteiger partial charge on any atom is 0.161 e. The quantitative estimate of drug-likeness (QED) is 0.738. The van der Waals surface area contributed by atoms with Crippen molar-refractivity contribution >= 4 is 5.84 Å². The molecule has 6 nitrogen and oxygen atoms in total. The van der Waals surface area contributed by atoms with Crippen LogP contribution in [0.5, 0.6) is 0 Å². The van der Waals surface area contributed by atoms with E-state index in [1.54, 1.807) is 5.12 Å². The van der Waals surface area contributed by atoms with Crippen LogP contribution in [0.3, 0.4) is 0 Å². The Labute approximate surface area is 125 Å². The van der Waals surface area contributed by atoms with E-state index in [1.165, 1.54) is 5.56 Å². The Morgan fingerprint density at radius 2 is 1.86 bits per heavy atom. The van der Waals surface area contributed by atoms with E-state index in [4.69, 9.17) is 0 Å². The lowest BCUT2D eigenvalue weighted by Gasteiger charge is -2.29. The smallest absolute Gasteiger partial charge is 0.161 e. The monoisotopic (exact) mass is 286 g/mol. The highest BCUT2D eigenvalue weighted by molar-refractivity contribution is 5.88. The van der Waals surface area contributed by atoms with Crippen molar-refractivity contribution in [3.05, 3.63) is 35.9 Å². The Morgan fingerprint density at radius 1 is 1.14 bits per heavy atom. The van der Waals surface area contributed by atoms with Gasteiger partial charge in [0.15, 0.2) is 5.84 Å². The van der Waals surface area contributed by atoms with Gasteiger partial charge in [0.2, 0.25) is 0 Å². The van der Waals surface area contributed by atoms with Gasteiger partial charge in [-0.05, 0) is 30.5 Å². The second-order valence-corrected chi connectivity index (χ2v) is 6.21. The standard InChI is InChI=1S/C15H22N6/c1-20-18-15(17-19-20)14(11-5-3-2-4-6-11)21-9-12-7-16-8-13(12)10-21/h2-6,12-14,16,19H,7-10H2,1H3,(H,17,18). The number of hydrazine groups is 2. The SMILES string of the molecule is CN1NN=C(C(c2ccccc2)N2CC3CNCC3C2)N1. The van der Waals surface area contributed by atoms with E-state index in [0.717, 1.165) is 43.9 Å². The fourth-order valence-corrected chi connectivity index (χ4v) is 3.75. The molecule has 6 heteroatoms. The first-order chi connectivity index (χ1) is 10.3. The summed E-state index contributed by atoms with van der Waals surface area (Å²) >= 11 is 0. The number of fused-ring (bicyclic) bond motifs is 1. The first-order valence-electron chi connectivity index (χ1n) is 7.64. The highest BCUT2D eigenvalue weighted by atomic mass is 15.9. The third kappa shape index (κ3) is 2.39. The van der Waals surface area contributed by atoms with E-state index >= 15 is 0 Å². The van der Waals surface area contributed by atoms with Crippen LogP contribution in [0.2, 0.25) is 0 Å². The molecule has 112 valence electrons. The summed E-state index contributed by atoms with van der Waals surface area (Å²) in [5, 5.41) is 9.76. The summed E-state index contributed by atoms with van der Waals surface area (Å²) in [5.74, 6) is 2.55. The van der Waals surface area contributed by atoms with Gasteiger partial charge in [-0.25, -0.2) is 5.53 Å². The molecule has 3 aliphatic rings. The van der Waals surface area contributed by atoms with Crippen LogP contribution in [-0.4, -0.2) is 49.1 Å². The molecule has 0 amide bonds. The van der Waals surface area contributed by atoms with E-state index in [1.807, 2.05) is 7.05 Å². The predicted octanol–water partition coefficient (Wildman–Crippen LogP) is 0.147. The zero-order chi connectivity index (χ0) is 14.2. The van der Waals surface area contributed by atoms with Crippen LogP contribution in [0.4, 0.5) is 0 Å². The first kappa shape index (κ1) is 13.1. The first-order valence-corrected chi connectivity index (χ1v) is 7.64. The molecule has 2 saturated heterocycles. The van der Waals surface area contributed by atoms with E-state index in [0.29, 0.717) is 0 Å². The van der Waals surface area contributed by atoms with E-state index in [9.17, 15) is 0 Å². The summed E-state index contributed by atoms with van der Waals surface area (Å²) < 4.78 is 0. The van der Waals surface area contributed by atoms with Crippen LogP contribution in [0, 0.1) is 11.8 Å². The van der Waals surface area contributed by atoms with Gasteiger partial charge in [0, 0.05) is 20.1 Å². The highest BCUT2D eigenvalue weighted by Gasteiger charge is 2.41. The average molecular weight is 286 g/mol. The molecule has 0 spiro atoms. The summed E-state index contributed by atoms with van der Waals surface area (Å²) in [6, 6.07) is 10.9. The third-order valence-corrected chi connectivity index (χ3v) is 4.76. The molecule has 0 radical (unpaired) electrons. The van der Waals surface area contributed by atoms with Crippen molar-refractivity contribution in [2.45, 2.75) is 6.04 Å². The molecular formula is C15H22N6. The molecule has 3 unspecified atom stereocenters. The molecule has 0 saturated carbocycles. The van der Waals surface area contributed by atoms with Crippen molar-refractivity contribution in [2.24, 2.45) is 16.9 Å². The minimum Gasteiger partial charge on any atom is -0.316 e. The van der Waals surface area contributed by atoms with E-state index in [-0.39, 0.29) is 6.04 Å². The zero-order valence-corrected chi connectivity index (χ0v) is 12.3. The fraction of sp³-hybridized carbons (Fsp3) is 0.533. The Hall–Kier alpha value is -1.63. The Bertz CT molecular complexity index is 518. The molecule has 2 fully saturated rings. The number of benzene rings is 1. The number of nitrogens with zero attached hydrogens (tertiary/aromatic N) is 3. The molecule has 3 atom stereocenters. The molecule has 1 aromatic carbocycles. The van der Waals surface area contributed by atoms with Gasteiger partial charge in [-0.15, -0.1) is 10.2 Å². The number of hydrazone groups is 1. The summed E-state index contributed by atoms with van der Waals surface area (Å²) in [4.78, 5) is 2.57. The number of nitrogens with one attached hydrogen (secondary N) is 3. The van der Waals surface area contributed by atoms with Gasteiger partial charge < -0.3 is 5.32 Å². The molecule has 3 aliphatic heterocycles. The highest BCUT2D eigenvalue weighted by Crippen LogP contribution is 2.33. The normalized spacial score (nSPS) is 30.6. The molecule has 3 N–H and O–H groups in total. The van der Waals surface area contributed by atoms with Crippen LogP contribution in [0.1, 0.15) is 11.6 Å². The fourth-order valence-electron chi connectivity index (χ4n) is 3.75. The molecule has 21 heavy (non-hydrogen) atoms. The topological polar surface area (TPSA) is 54.9 Å². The van der Waals surface area contributed by atoms with E-state index < -0.39 is 0 Å². The number of amidine groups is 1. The van der Waals surface area contributed by atoms with Gasteiger partial charge in [-0.3, -0.25) is 10.3 Å². The second-order valence-electron chi connectivity index (χ2n) is 6.21. The minimum absolute atomic E-state index is 0.203. The maximum atomic E-state index is 4.46. The Morgan fingerprint density at radius 3 is 2.48 bits per heavy atom. The average Bonchev–Trinajstić information content (AvgIpc) is 3.17. The molecule has 4 rings (SSSR count). The van der Waals surface area contributed by atoms with Crippen LogP contribution >= 0.6 is 0 Å². The molecule has 0 aliphatic carbocycles. The Balaban J connectivity index is 1.61.